The quantitative estimate of drug-likeness (QED) is 0.433. The minimum atomic E-state index is -3.93. The van der Waals surface area contributed by atoms with E-state index in [-0.39, 0.29) is 16.2 Å². The van der Waals surface area contributed by atoms with Crippen molar-refractivity contribution in [3.63, 3.8) is 0 Å². The Labute approximate surface area is 190 Å². The molecule has 33 heavy (non-hydrogen) atoms. The van der Waals surface area contributed by atoms with Gasteiger partial charge < -0.3 is 9.74 Å². The molecule has 11 heteroatoms. The standard InChI is InChI=1S/C22H24N6O4S/c1-26-7-9-27(10-8-26)13-14-3-5-16-18(11-14)24-21-20(25-32-2)17-12-15(33(23,30)31)4-6-19(17)28(21)22(16)29/h3-6,11-12H,7-10,13H2,1-2H3,(H2,23,30,31)/b25-20-. The van der Waals surface area contributed by atoms with Crippen LogP contribution in [-0.2, 0) is 21.4 Å². The fourth-order valence-corrected chi connectivity index (χ4v) is 4.89. The number of benzene rings is 2. The van der Waals surface area contributed by atoms with Crippen molar-refractivity contribution in [1.29, 1.82) is 0 Å². The Bertz CT molecular complexity index is 1460. The summed E-state index contributed by atoms with van der Waals surface area (Å²) in [4.78, 5) is 27.7. The monoisotopic (exact) mass is 468 g/mol. The predicted molar refractivity (Wildman–Crippen MR) is 124 cm³/mol. The average molecular weight is 469 g/mol. The fourth-order valence-electron chi connectivity index (χ4n) is 4.35. The molecule has 5 rings (SSSR count). The zero-order chi connectivity index (χ0) is 23.3. The van der Waals surface area contributed by atoms with Gasteiger partial charge in [-0.25, -0.2) is 18.5 Å². The van der Waals surface area contributed by atoms with E-state index in [0.717, 1.165) is 38.3 Å². The minimum absolute atomic E-state index is 0.0788. The van der Waals surface area contributed by atoms with Gasteiger partial charge in [-0.05, 0) is 42.9 Å². The van der Waals surface area contributed by atoms with Crippen molar-refractivity contribution < 1.29 is 13.3 Å². The number of nitrogens with two attached hydrogens (primary N) is 1. The molecule has 2 aliphatic heterocycles. The highest BCUT2D eigenvalue weighted by Crippen LogP contribution is 2.29. The summed E-state index contributed by atoms with van der Waals surface area (Å²) in [7, 11) is -0.432. The van der Waals surface area contributed by atoms with Crippen LogP contribution in [0, 0.1) is 0 Å². The summed E-state index contributed by atoms with van der Waals surface area (Å²) in [5.74, 6) is 0.299. The van der Waals surface area contributed by atoms with E-state index in [1.54, 1.807) is 6.07 Å². The second-order valence-electron chi connectivity index (χ2n) is 8.35. The van der Waals surface area contributed by atoms with E-state index < -0.39 is 10.0 Å². The van der Waals surface area contributed by atoms with Gasteiger partial charge in [0.2, 0.25) is 10.0 Å². The Kier molecular flexibility index (Phi) is 5.28. The number of primary sulfonamides is 1. The molecule has 2 aromatic carbocycles. The Morgan fingerprint density at radius 1 is 1.12 bits per heavy atom. The van der Waals surface area contributed by atoms with Crippen LogP contribution in [0.2, 0.25) is 0 Å². The molecule has 0 bridgehead atoms. The van der Waals surface area contributed by atoms with Crippen molar-refractivity contribution in [1.82, 2.24) is 19.4 Å². The van der Waals surface area contributed by atoms with Gasteiger partial charge in [0.05, 0.1) is 21.5 Å². The van der Waals surface area contributed by atoms with Crippen molar-refractivity contribution in [2.45, 2.75) is 11.4 Å². The lowest BCUT2D eigenvalue weighted by Crippen LogP contribution is -2.43. The Morgan fingerprint density at radius 3 is 2.58 bits per heavy atom. The van der Waals surface area contributed by atoms with Gasteiger partial charge in [0.1, 0.15) is 7.11 Å². The lowest BCUT2D eigenvalue weighted by Gasteiger charge is -2.32. The van der Waals surface area contributed by atoms with Gasteiger partial charge in [-0.15, -0.1) is 0 Å². The molecule has 1 fully saturated rings. The second kappa shape index (κ2) is 8.03. The summed E-state index contributed by atoms with van der Waals surface area (Å²) in [6.07, 6.45) is 0. The molecule has 0 aliphatic carbocycles. The number of aromatic nitrogens is 2. The van der Waals surface area contributed by atoms with Crippen molar-refractivity contribution in [3.05, 3.63) is 63.7 Å². The maximum atomic E-state index is 13.4. The third-order valence-electron chi connectivity index (χ3n) is 6.12. The number of hydrogen-bond acceptors (Lipinski definition) is 8. The van der Waals surface area contributed by atoms with Crippen molar-refractivity contribution in [2.24, 2.45) is 10.3 Å². The smallest absolute Gasteiger partial charge is 0.266 e. The zero-order valence-corrected chi connectivity index (χ0v) is 19.2. The third kappa shape index (κ3) is 3.82. The van der Waals surface area contributed by atoms with Gasteiger partial charge in [-0.3, -0.25) is 14.3 Å². The number of likely N-dealkylation sites (N-methyl/N-ethyl adjacent to an activating group) is 1. The van der Waals surface area contributed by atoms with E-state index in [1.165, 1.54) is 29.9 Å². The second-order valence-corrected chi connectivity index (χ2v) is 9.91. The van der Waals surface area contributed by atoms with Crippen LogP contribution in [0.1, 0.15) is 17.0 Å². The zero-order valence-electron chi connectivity index (χ0n) is 18.4. The molecular formula is C22H24N6O4S. The topological polar surface area (TPSA) is 123 Å². The summed E-state index contributed by atoms with van der Waals surface area (Å²) < 4.78 is 25.2. The van der Waals surface area contributed by atoms with E-state index in [1.807, 2.05) is 12.1 Å². The van der Waals surface area contributed by atoms with Crippen LogP contribution < -0.4 is 10.7 Å². The first-order valence-corrected chi connectivity index (χ1v) is 12.1. The molecule has 0 atom stereocenters. The summed E-state index contributed by atoms with van der Waals surface area (Å²) in [6.45, 7) is 4.80. The van der Waals surface area contributed by atoms with Crippen LogP contribution in [0.4, 0.5) is 0 Å². The molecule has 0 saturated carbocycles. The normalized spacial score (nSPS) is 18.0. The number of fused-ring (bicyclic) bond motifs is 4. The van der Waals surface area contributed by atoms with Crippen LogP contribution in [-0.4, -0.2) is 73.8 Å². The van der Waals surface area contributed by atoms with Gasteiger partial charge >= 0.3 is 0 Å². The number of nitrogens with zero attached hydrogens (tertiary/aromatic N) is 5. The molecule has 10 nitrogen and oxygen atoms in total. The molecular weight excluding hydrogens is 444 g/mol. The van der Waals surface area contributed by atoms with Crippen molar-refractivity contribution >= 4 is 26.6 Å². The number of sulfonamides is 1. The highest BCUT2D eigenvalue weighted by atomic mass is 32.2. The summed E-state index contributed by atoms with van der Waals surface area (Å²) >= 11 is 0. The minimum Gasteiger partial charge on any atom is -0.399 e. The SMILES string of the molecule is CO/N=C1/c2cc(S(N)(=O)=O)ccc2-n2c1nc1cc(CN3CCN(C)CC3)ccc1c2=O. The molecule has 1 aromatic heterocycles. The molecule has 172 valence electrons. The van der Waals surface area contributed by atoms with Crippen molar-refractivity contribution in [3.8, 4) is 5.69 Å². The van der Waals surface area contributed by atoms with Gasteiger partial charge in [0.15, 0.2) is 11.5 Å². The van der Waals surface area contributed by atoms with Crippen LogP contribution in [0.3, 0.4) is 0 Å². The molecule has 0 unspecified atom stereocenters. The average Bonchev–Trinajstić information content (AvgIpc) is 3.08. The van der Waals surface area contributed by atoms with E-state index in [4.69, 9.17) is 15.0 Å². The van der Waals surface area contributed by atoms with Gasteiger partial charge in [0, 0.05) is 38.3 Å². The molecule has 3 heterocycles. The number of hydrogen-bond donors (Lipinski definition) is 1. The van der Waals surface area contributed by atoms with E-state index in [0.29, 0.717) is 28.0 Å². The lowest BCUT2D eigenvalue weighted by atomic mass is 10.1. The first kappa shape index (κ1) is 21.7. The lowest BCUT2D eigenvalue weighted by molar-refractivity contribution is 0.148. The molecule has 2 N–H and O–H groups in total. The molecule has 1 saturated heterocycles. The molecule has 0 amide bonds. The molecule has 2 aliphatic rings. The summed E-state index contributed by atoms with van der Waals surface area (Å²) in [5, 5.41) is 9.82. The van der Waals surface area contributed by atoms with Gasteiger partial charge in [-0.1, -0.05) is 11.2 Å². The largest absolute Gasteiger partial charge is 0.399 e. The van der Waals surface area contributed by atoms with Crippen LogP contribution in [0.15, 0.2) is 51.2 Å². The first-order chi connectivity index (χ1) is 15.8. The van der Waals surface area contributed by atoms with Crippen molar-refractivity contribution in [2.75, 3.05) is 40.3 Å². The maximum absolute atomic E-state index is 13.4. The van der Waals surface area contributed by atoms with Crippen LogP contribution in [0.5, 0.6) is 0 Å². The number of piperazine rings is 1. The number of oxime groups is 1. The molecule has 0 radical (unpaired) electrons. The highest BCUT2D eigenvalue weighted by molar-refractivity contribution is 7.89. The van der Waals surface area contributed by atoms with Crippen LogP contribution >= 0.6 is 0 Å². The fraction of sp³-hybridized carbons (Fsp3) is 0.318. The Balaban J connectivity index is 1.61. The highest BCUT2D eigenvalue weighted by Gasteiger charge is 2.31. The predicted octanol–water partition coefficient (Wildman–Crippen LogP) is 0.493. The third-order valence-corrected chi connectivity index (χ3v) is 7.03. The van der Waals surface area contributed by atoms with Gasteiger partial charge in [-0.2, -0.15) is 0 Å². The maximum Gasteiger partial charge on any atom is 0.266 e. The number of rotatable bonds is 4. The Hall–Kier alpha value is -3.12. The summed E-state index contributed by atoms with van der Waals surface area (Å²) in [6, 6.07) is 9.98. The van der Waals surface area contributed by atoms with Crippen LogP contribution in [0.25, 0.3) is 16.6 Å². The van der Waals surface area contributed by atoms with E-state index in [9.17, 15) is 13.2 Å². The summed E-state index contributed by atoms with van der Waals surface area (Å²) in [5.41, 5.74) is 2.55. The molecule has 3 aromatic rings. The van der Waals surface area contributed by atoms with E-state index in [2.05, 4.69) is 22.0 Å². The van der Waals surface area contributed by atoms with E-state index >= 15 is 0 Å². The first-order valence-electron chi connectivity index (χ1n) is 10.5. The van der Waals surface area contributed by atoms with Gasteiger partial charge in [0.25, 0.3) is 5.56 Å². The molecule has 0 spiro atoms. The Morgan fingerprint density at radius 2 is 1.88 bits per heavy atom.